The minimum Gasteiger partial charge on any atom is -0.300 e. The summed E-state index contributed by atoms with van der Waals surface area (Å²) in [5, 5.41) is 0. The molecule has 1 heteroatoms. The molecule has 0 spiro atoms. The molecule has 1 nitrogen and oxygen atoms in total. The molecule has 0 radical (unpaired) electrons. The first kappa shape index (κ1) is 12.0. The molecule has 0 saturated carbocycles. The first-order valence-corrected chi connectivity index (χ1v) is 8.25. The highest BCUT2D eigenvalue weighted by atomic mass is 15.2. The van der Waals surface area contributed by atoms with Gasteiger partial charge in [0.2, 0.25) is 0 Å². The molecule has 102 valence electrons. The van der Waals surface area contributed by atoms with Gasteiger partial charge in [0.05, 0.1) is 0 Å². The van der Waals surface area contributed by atoms with Gasteiger partial charge >= 0.3 is 0 Å². The molecular weight excluding hydrogens is 230 g/mol. The lowest BCUT2D eigenvalue weighted by molar-refractivity contribution is 0.157. The molecule has 4 rings (SSSR count). The van der Waals surface area contributed by atoms with Crippen LogP contribution in [0.3, 0.4) is 0 Å². The van der Waals surface area contributed by atoms with Crippen LogP contribution in [0.15, 0.2) is 24.3 Å². The zero-order valence-corrected chi connectivity index (χ0v) is 11.9. The average molecular weight is 255 g/mol. The SMILES string of the molecule is c1ccc2c(c1)CCCC2C1CCN2CCCCC12. The van der Waals surface area contributed by atoms with Crippen LogP contribution in [0.4, 0.5) is 0 Å². The summed E-state index contributed by atoms with van der Waals surface area (Å²) < 4.78 is 0. The number of rotatable bonds is 1. The highest BCUT2D eigenvalue weighted by Crippen LogP contribution is 2.45. The summed E-state index contributed by atoms with van der Waals surface area (Å²) in [7, 11) is 0. The van der Waals surface area contributed by atoms with Crippen molar-refractivity contribution in [2.24, 2.45) is 5.92 Å². The van der Waals surface area contributed by atoms with Crippen molar-refractivity contribution in [1.29, 1.82) is 0 Å². The first-order chi connectivity index (χ1) is 9.43. The van der Waals surface area contributed by atoms with Crippen molar-refractivity contribution >= 4 is 0 Å². The third kappa shape index (κ3) is 2.03. The second-order valence-corrected chi connectivity index (χ2v) is 6.75. The monoisotopic (exact) mass is 255 g/mol. The van der Waals surface area contributed by atoms with Gasteiger partial charge in [0, 0.05) is 6.04 Å². The van der Waals surface area contributed by atoms with Gasteiger partial charge in [-0.3, -0.25) is 0 Å². The second-order valence-electron chi connectivity index (χ2n) is 6.75. The zero-order chi connectivity index (χ0) is 12.7. The maximum Gasteiger partial charge on any atom is 0.0130 e. The van der Waals surface area contributed by atoms with Gasteiger partial charge in [-0.25, -0.2) is 0 Å². The minimum atomic E-state index is 0.859. The fraction of sp³-hybridized carbons (Fsp3) is 0.667. The molecule has 0 N–H and O–H groups in total. The molecule has 2 fully saturated rings. The smallest absolute Gasteiger partial charge is 0.0130 e. The van der Waals surface area contributed by atoms with E-state index >= 15 is 0 Å². The topological polar surface area (TPSA) is 3.24 Å². The van der Waals surface area contributed by atoms with E-state index in [1.54, 1.807) is 11.1 Å². The number of aryl methyl sites for hydroxylation is 1. The Morgan fingerprint density at radius 1 is 0.895 bits per heavy atom. The van der Waals surface area contributed by atoms with Crippen LogP contribution < -0.4 is 0 Å². The maximum absolute atomic E-state index is 2.80. The number of piperidine rings is 1. The minimum absolute atomic E-state index is 0.859. The molecule has 3 aliphatic rings. The molecule has 19 heavy (non-hydrogen) atoms. The van der Waals surface area contributed by atoms with Gasteiger partial charge < -0.3 is 4.90 Å². The largest absolute Gasteiger partial charge is 0.300 e. The van der Waals surface area contributed by atoms with Crippen molar-refractivity contribution in [1.82, 2.24) is 4.90 Å². The fourth-order valence-corrected chi connectivity index (χ4v) is 4.99. The number of fused-ring (bicyclic) bond motifs is 2. The maximum atomic E-state index is 2.80. The van der Waals surface area contributed by atoms with Crippen LogP contribution in [-0.2, 0) is 6.42 Å². The van der Waals surface area contributed by atoms with E-state index < -0.39 is 0 Å². The highest BCUT2D eigenvalue weighted by molar-refractivity contribution is 5.33. The first-order valence-electron chi connectivity index (χ1n) is 8.25. The molecule has 0 bridgehead atoms. The summed E-state index contributed by atoms with van der Waals surface area (Å²) in [4.78, 5) is 2.80. The average Bonchev–Trinajstić information content (AvgIpc) is 2.90. The Hall–Kier alpha value is -0.820. The van der Waals surface area contributed by atoms with E-state index in [2.05, 4.69) is 29.2 Å². The summed E-state index contributed by atoms with van der Waals surface area (Å²) in [5.74, 6) is 1.81. The van der Waals surface area contributed by atoms with Crippen molar-refractivity contribution in [3.05, 3.63) is 35.4 Å². The Kier molecular flexibility index (Phi) is 3.11. The van der Waals surface area contributed by atoms with E-state index in [9.17, 15) is 0 Å². The normalized spacial score (nSPS) is 34.8. The number of nitrogens with zero attached hydrogens (tertiary/aromatic N) is 1. The third-order valence-corrected chi connectivity index (χ3v) is 5.84. The lowest BCUT2D eigenvalue weighted by atomic mass is 9.72. The van der Waals surface area contributed by atoms with Crippen LogP contribution in [-0.4, -0.2) is 24.0 Å². The Morgan fingerprint density at radius 2 is 1.84 bits per heavy atom. The molecule has 3 unspecified atom stereocenters. The summed E-state index contributed by atoms with van der Waals surface area (Å²) >= 11 is 0. The van der Waals surface area contributed by atoms with E-state index in [4.69, 9.17) is 0 Å². The van der Waals surface area contributed by atoms with Gasteiger partial charge in [-0.15, -0.1) is 0 Å². The summed E-state index contributed by atoms with van der Waals surface area (Å²) in [6, 6.07) is 10.2. The Morgan fingerprint density at radius 3 is 2.84 bits per heavy atom. The van der Waals surface area contributed by atoms with E-state index in [0.717, 1.165) is 17.9 Å². The van der Waals surface area contributed by atoms with Crippen LogP contribution in [0, 0.1) is 5.92 Å². The predicted molar refractivity (Wildman–Crippen MR) is 79.4 cm³/mol. The van der Waals surface area contributed by atoms with Gasteiger partial charge in [0.1, 0.15) is 0 Å². The highest BCUT2D eigenvalue weighted by Gasteiger charge is 2.41. The third-order valence-electron chi connectivity index (χ3n) is 5.84. The molecule has 2 aliphatic heterocycles. The Balaban J connectivity index is 1.63. The quantitative estimate of drug-likeness (QED) is 0.733. The van der Waals surface area contributed by atoms with Crippen molar-refractivity contribution in [2.45, 2.75) is 56.9 Å². The van der Waals surface area contributed by atoms with Crippen molar-refractivity contribution in [3.8, 4) is 0 Å². The second kappa shape index (κ2) is 4.94. The Labute approximate surface area is 117 Å². The van der Waals surface area contributed by atoms with Crippen molar-refractivity contribution in [2.75, 3.05) is 13.1 Å². The molecule has 1 aliphatic carbocycles. The molecule has 0 amide bonds. The van der Waals surface area contributed by atoms with Crippen LogP contribution in [0.25, 0.3) is 0 Å². The number of hydrogen-bond donors (Lipinski definition) is 0. The molecule has 0 aromatic heterocycles. The summed E-state index contributed by atoms with van der Waals surface area (Å²) in [6.07, 6.45) is 9.97. The lowest BCUT2D eigenvalue weighted by Crippen LogP contribution is -2.39. The van der Waals surface area contributed by atoms with Gasteiger partial charge in [0.25, 0.3) is 0 Å². The predicted octanol–water partition coefficient (Wildman–Crippen LogP) is 3.98. The van der Waals surface area contributed by atoms with Crippen LogP contribution in [0.1, 0.15) is 55.6 Å². The van der Waals surface area contributed by atoms with Crippen molar-refractivity contribution < 1.29 is 0 Å². The molecule has 2 saturated heterocycles. The van der Waals surface area contributed by atoms with E-state index in [1.807, 2.05) is 0 Å². The van der Waals surface area contributed by atoms with E-state index in [1.165, 1.54) is 58.0 Å². The summed E-state index contributed by atoms with van der Waals surface area (Å²) in [5.41, 5.74) is 3.35. The van der Waals surface area contributed by atoms with Gasteiger partial charge in [-0.05, 0) is 74.6 Å². The molecule has 2 heterocycles. The standard InChI is InChI=1S/C18H25N/c1-2-8-15-14(6-1)7-5-9-16(15)17-11-13-19-12-4-3-10-18(17)19/h1-2,6,8,16-18H,3-5,7,9-13H2. The van der Waals surface area contributed by atoms with Gasteiger partial charge in [0.15, 0.2) is 0 Å². The van der Waals surface area contributed by atoms with Crippen LogP contribution >= 0.6 is 0 Å². The fourth-order valence-electron chi connectivity index (χ4n) is 4.99. The van der Waals surface area contributed by atoms with Gasteiger partial charge in [-0.2, -0.15) is 0 Å². The molecule has 3 atom stereocenters. The molecular formula is C18H25N. The Bertz CT molecular complexity index is 453. The lowest BCUT2D eigenvalue weighted by Gasteiger charge is -2.38. The number of hydrogen-bond acceptors (Lipinski definition) is 1. The van der Waals surface area contributed by atoms with Crippen LogP contribution in [0.5, 0.6) is 0 Å². The van der Waals surface area contributed by atoms with Crippen LogP contribution in [0.2, 0.25) is 0 Å². The number of benzene rings is 1. The van der Waals surface area contributed by atoms with E-state index in [0.29, 0.717) is 0 Å². The zero-order valence-electron chi connectivity index (χ0n) is 11.9. The summed E-state index contributed by atoms with van der Waals surface area (Å²) in [6.45, 7) is 2.74. The molecule has 1 aromatic rings. The van der Waals surface area contributed by atoms with Crippen molar-refractivity contribution in [3.63, 3.8) is 0 Å². The molecule has 1 aromatic carbocycles. The van der Waals surface area contributed by atoms with Gasteiger partial charge in [-0.1, -0.05) is 30.7 Å². The van der Waals surface area contributed by atoms with E-state index in [-0.39, 0.29) is 0 Å².